The molecule has 0 N–H and O–H groups in total. The lowest BCUT2D eigenvalue weighted by molar-refractivity contribution is -0.138. The molecule has 2 atom stereocenters. The first kappa shape index (κ1) is 23.6. The molecule has 0 aromatic rings. The molecule has 2 amide bonds. The molecule has 0 saturated carbocycles. The largest absolute Gasteiger partial charge is 0.375 e. The van der Waals surface area contributed by atoms with Crippen LogP contribution < -0.4 is 0 Å². The number of carbonyl (C=O) groups excluding carboxylic acids is 3. The van der Waals surface area contributed by atoms with Crippen molar-refractivity contribution >= 4 is 17.6 Å². The molecule has 0 aromatic carbocycles. The molecule has 7 nitrogen and oxygen atoms in total. The Morgan fingerprint density at radius 2 is 1.37 bits per heavy atom. The van der Waals surface area contributed by atoms with Gasteiger partial charge in [-0.25, -0.2) is 0 Å². The van der Waals surface area contributed by atoms with Gasteiger partial charge in [0.1, 0.15) is 5.78 Å². The van der Waals surface area contributed by atoms with E-state index in [0.717, 1.165) is 19.5 Å². The summed E-state index contributed by atoms with van der Waals surface area (Å²) in [5.74, 6) is 1.04. The molecule has 2 aliphatic rings. The van der Waals surface area contributed by atoms with Gasteiger partial charge in [-0.1, -0.05) is 13.8 Å². The van der Waals surface area contributed by atoms with Gasteiger partial charge in [0.2, 0.25) is 11.8 Å². The topological polar surface area (TPSA) is 76.2 Å². The lowest BCUT2D eigenvalue weighted by Crippen LogP contribution is -2.45. The van der Waals surface area contributed by atoms with Crippen LogP contribution in [0.2, 0.25) is 0 Å². The number of ether oxygens (including phenoxy) is 2. The number of nitrogens with zero attached hydrogens (tertiary/aromatic N) is 2. The van der Waals surface area contributed by atoms with Crippen molar-refractivity contribution < 1.29 is 23.9 Å². The minimum atomic E-state index is -0.102. The van der Waals surface area contributed by atoms with Gasteiger partial charge in [-0.15, -0.1) is 0 Å². The molecular formula is C20H36N2O5. The first-order valence-corrected chi connectivity index (χ1v) is 9.92. The van der Waals surface area contributed by atoms with Crippen LogP contribution in [0.5, 0.6) is 0 Å². The van der Waals surface area contributed by atoms with E-state index >= 15 is 0 Å². The molecule has 156 valence electrons. The third kappa shape index (κ3) is 9.86. The van der Waals surface area contributed by atoms with Crippen LogP contribution in [0.4, 0.5) is 0 Å². The first-order chi connectivity index (χ1) is 12.7. The summed E-state index contributed by atoms with van der Waals surface area (Å²) in [6.07, 6.45) is 2.81. The Morgan fingerprint density at radius 1 is 0.889 bits per heavy atom. The van der Waals surface area contributed by atoms with E-state index in [9.17, 15) is 14.4 Å². The van der Waals surface area contributed by atoms with Crippen LogP contribution in [0, 0.1) is 5.92 Å². The van der Waals surface area contributed by atoms with E-state index in [1.165, 1.54) is 20.3 Å². The Hall–Kier alpha value is -1.47. The minimum Gasteiger partial charge on any atom is -0.375 e. The number of Topliss-reactive ketones (excluding diaryl/α,β-unsaturated/α-hetero) is 1. The van der Waals surface area contributed by atoms with E-state index in [0.29, 0.717) is 38.6 Å². The molecule has 0 aliphatic carbocycles. The second-order valence-electron chi connectivity index (χ2n) is 7.79. The molecule has 0 aromatic heterocycles. The molecule has 0 radical (unpaired) electrons. The number of hydrogen-bond acceptors (Lipinski definition) is 5. The van der Waals surface area contributed by atoms with E-state index in [1.807, 2.05) is 4.90 Å². The fraction of sp³-hybridized carbons (Fsp3) is 0.850. The van der Waals surface area contributed by atoms with Crippen LogP contribution in [-0.2, 0) is 23.9 Å². The number of morpholine rings is 2. The van der Waals surface area contributed by atoms with E-state index in [4.69, 9.17) is 9.47 Å². The molecule has 2 saturated heterocycles. The SMILES string of the molecule is CC(=O)CC1CN(C(C)=O)CCO1.CC(=O)N1CCOC(CCC(C)C)C1. The third-order valence-corrected chi connectivity index (χ3v) is 4.75. The van der Waals surface area contributed by atoms with Gasteiger partial charge in [0, 0.05) is 46.4 Å². The maximum absolute atomic E-state index is 11.2. The van der Waals surface area contributed by atoms with Gasteiger partial charge in [-0.2, -0.15) is 0 Å². The highest BCUT2D eigenvalue weighted by molar-refractivity contribution is 5.76. The van der Waals surface area contributed by atoms with Gasteiger partial charge < -0.3 is 19.3 Å². The Kier molecular flexibility index (Phi) is 10.5. The highest BCUT2D eigenvalue weighted by atomic mass is 16.5. The van der Waals surface area contributed by atoms with Crippen molar-refractivity contribution in [1.29, 1.82) is 0 Å². The van der Waals surface area contributed by atoms with Crippen molar-refractivity contribution in [2.24, 2.45) is 5.92 Å². The van der Waals surface area contributed by atoms with Crippen LogP contribution in [0.3, 0.4) is 0 Å². The molecule has 2 heterocycles. The van der Waals surface area contributed by atoms with Gasteiger partial charge in [-0.3, -0.25) is 14.4 Å². The van der Waals surface area contributed by atoms with Gasteiger partial charge in [0.25, 0.3) is 0 Å². The molecule has 2 unspecified atom stereocenters. The van der Waals surface area contributed by atoms with E-state index < -0.39 is 0 Å². The van der Waals surface area contributed by atoms with Gasteiger partial charge >= 0.3 is 0 Å². The Bertz CT molecular complexity index is 495. The molecule has 2 fully saturated rings. The Balaban J connectivity index is 0.000000271. The normalized spacial score (nSPS) is 22.9. The quantitative estimate of drug-likeness (QED) is 0.723. The van der Waals surface area contributed by atoms with Crippen LogP contribution in [0.15, 0.2) is 0 Å². The summed E-state index contributed by atoms with van der Waals surface area (Å²) < 4.78 is 11.0. The Labute approximate surface area is 163 Å². The molecule has 27 heavy (non-hydrogen) atoms. The van der Waals surface area contributed by atoms with E-state index in [-0.39, 0.29) is 29.8 Å². The highest BCUT2D eigenvalue weighted by Crippen LogP contribution is 2.14. The fourth-order valence-corrected chi connectivity index (χ4v) is 3.15. The van der Waals surface area contributed by atoms with Crippen LogP contribution in [0.1, 0.15) is 53.9 Å². The van der Waals surface area contributed by atoms with Crippen molar-refractivity contribution in [2.75, 3.05) is 39.4 Å². The number of ketones is 1. The summed E-state index contributed by atoms with van der Waals surface area (Å²) >= 11 is 0. The number of rotatable bonds is 5. The van der Waals surface area contributed by atoms with Crippen molar-refractivity contribution in [2.45, 2.75) is 66.1 Å². The van der Waals surface area contributed by atoms with Crippen molar-refractivity contribution in [3.05, 3.63) is 0 Å². The van der Waals surface area contributed by atoms with Crippen LogP contribution in [-0.4, -0.2) is 79.0 Å². The molecule has 2 rings (SSSR count). The van der Waals surface area contributed by atoms with Gasteiger partial charge in [0.15, 0.2) is 0 Å². The predicted octanol–water partition coefficient (Wildman–Crippen LogP) is 1.88. The minimum absolute atomic E-state index is 0.0526. The highest BCUT2D eigenvalue weighted by Gasteiger charge is 2.23. The predicted molar refractivity (Wildman–Crippen MR) is 103 cm³/mol. The lowest BCUT2D eigenvalue weighted by Gasteiger charge is -2.32. The van der Waals surface area contributed by atoms with Crippen LogP contribution in [0.25, 0.3) is 0 Å². The molecule has 0 spiro atoms. The van der Waals surface area contributed by atoms with Gasteiger partial charge in [-0.05, 0) is 25.7 Å². The number of amides is 2. The summed E-state index contributed by atoms with van der Waals surface area (Å²) in [5.41, 5.74) is 0. The maximum Gasteiger partial charge on any atom is 0.219 e. The molecule has 7 heteroatoms. The van der Waals surface area contributed by atoms with Crippen molar-refractivity contribution in [1.82, 2.24) is 9.80 Å². The number of hydrogen-bond donors (Lipinski definition) is 0. The summed E-state index contributed by atoms with van der Waals surface area (Å²) in [6, 6.07) is 0. The standard InChI is InChI=1S/C11H21NO2.C9H15NO3/c1-9(2)4-5-11-8-12(10(3)13)6-7-14-11;1-7(11)5-9-6-10(8(2)12)3-4-13-9/h9,11H,4-8H2,1-3H3;9H,3-6H2,1-2H3. The summed E-state index contributed by atoms with van der Waals surface area (Å²) in [4.78, 5) is 36.6. The fourth-order valence-electron chi connectivity index (χ4n) is 3.15. The Morgan fingerprint density at radius 3 is 1.81 bits per heavy atom. The summed E-state index contributed by atoms with van der Waals surface area (Å²) in [7, 11) is 0. The monoisotopic (exact) mass is 384 g/mol. The summed E-state index contributed by atoms with van der Waals surface area (Å²) in [6.45, 7) is 13.1. The van der Waals surface area contributed by atoms with E-state index in [2.05, 4.69) is 13.8 Å². The zero-order valence-electron chi connectivity index (χ0n) is 17.5. The molecule has 0 bridgehead atoms. The summed E-state index contributed by atoms with van der Waals surface area (Å²) in [5, 5.41) is 0. The smallest absolute Gasteiger partial charge is 0.219 e. The van der Waals surface area contributed by atoms with Gasteiger partial charge in [0.05, 0.1) is 25.4 Å². The molecular weight excluding hydrogens is 348 g/mol. The maximum atomic E-state index is 11.2. The van der Waals surface area contributed by atoms with Crippen molar-refractivity contribution in [3.8, 4) is 0 Å². The molecule has 2 aliphatic heterocycles. The lowest BCUT2D eigenvalue weighted by atomic mass is 10.0. The zero-order valence-corrected chi connectivity index (χ0v) is 17.5. The third-order valence-electron chi connectivity index (χ3n) is 4.75. The van der Waals surface area contributed by atoms with Crippen LogP contribution >= 0.6 is 0 Å². The number of carbonyl (C=O) groups is 3. The second kappa shape index (κ2) is 12.1. The van der Waals surface area contributed by atoms with E-state index in [1.54, 1.807) is 11.8 Å². The zero-order chi connectivity index (χ0) is 20.4. The second-order valence-corrected chi connectivity index (χ2v) is 7.79. The average Bonchev–Trinajstić information content (AvgIpc) is 2.60. The first-order valence-electron chi connectivity index (χ1n) is 9.92. The van der Waals surface area contributed by atoms with Crippen molar-refractivity contribution in [3.63, 3.8) is 0 Å². The average molecular weight is 385 g/mol.